The Bertz CT molecular complexity index is 892. The zero-order chi connectivity index (χ0) is 22.1. The highest BCUT2D eigenvalue weighted by Crippen LogP contribution is 2.40. The summed E-state index contributed by atoms with van der Waals surface area (Å²) < 4.78 is 14.1. The highest BCUT2D eigenvalue weighted by Gasteiger charge is 2.28. The van der Waals surface area contributed by atoms with Crippen molar-refractivity contribution in [3.8, 4) is 5.75 Å². The van der Waals surface area contributed by atoms with Crippen LogP contribution in [0.5, 0.6) is 5.75 Å². The van der Waals surface area contributed by atoms with Gasteiger partial charge in [0.05, 0.1) is 10.8 Å². The summed E-state index contributed by atoms with van der Waals surface area (Å²) in [5.41, 5.74) is 2.01. The summed E-state index contributed by atoms with van der Waals surface area (Å²) in [4.78, 5) is 13.4. The monoisotopic (exact) mass is 417 g/mol. The molecule has 0 saturated heterocycles. The number of aryl methyl sites for hydroxylation is 1. The molecule has 0 bridgehead atoms. The van der Waals surface area contributed by atoms with E-state index in [1.165, 1.54) is 0 Å². The summed E-state index contributed by atoms with van der Waals surface area (Å²) in [5.74, 6) is 0.153. The van der Waals surface area contributed by atoms with Gasteiger partial charge in [-0.1, -0.05) is 54.9 Å². The number of aromatic hydroxyl groups is 1. The Balaban J connectivity index is 2.62. The van der Waals surface area contributed by atoms with Crippen LogP contribution in [0.3, 0.4) is 0 Å². The lowest BCUT2D eigenvalue weighted by atomic mass is 9.78. The molecule has 1 atom stereocenters. The van der Waals surface area contributed by atoms with Crippen LogP contribution in [0, 0.1) is 0 Å². The van der Waals surface area contributed by atoms with Gasteiger partial charge in [0.25, 0.3) is 0 Å². The lowest BCUT2D eigenvalue weighted by molar-refractivity contribution is 0.103. The number of unbranched alkanes of at least 4 members (excludes halogenated alkanes) is 1. The van der Waals surface area contributed by atoms with E-state index in [4.69, 9.17) is 0 Å². The van der Waals surface area contributed by atoms with Crippen LogP contribution >= 0.6 is 0 Å². The van der Waals surface area contributed by atoms with E-state index in [-0.39, 0.29) is 22.4 Å². The molecule has 2 rings (SSSR count). The van der Waals surface area contributed by atoms with Gasteiger partial charge in [-0.3, -0.25) is 9.00 Å². The maximum Gasteiger partial charge on any atom is 0.194 e. The van der Waals surface area contributed by atoms with Gasteiger partial charge in [-0.05, 0) is 35.4 Å². The molecular formula is C24H35NO3S. The first-order valence-electron chi connectivity index (χ1n) is 10.2. The Hall–Kier alpha value is -1.88. The summed E-state index contributed by atoms with van der Waals surface area (Å²) in [7, 11) is -1.17. The fourth-order valence-corrected chi connectivity index (χ4v) is 4.20. The molecule has 0 aliphatic heterocycles. The zero-order valence-electron chi connectivity index (χ0n) is 19.0. The van der Waals surface area contributed by atoms with Gasteiger partial charge in [-0.25, -0.2) is 0 Å². The van der Waals surface area contributed by atoms with Crippen LogP contribution in [-0.4, -0.2) is 25.9 Å². The topological polar surface area (TPSA) is 59.3 Å². The van der Waals surface area contributed by atoms with Crippen LogP contribution < -0.4 is 0 Å². The molecule has 1 N–H and O–H groups in total. The van der Waals surface area contributed by atoms with Crippen LogP contribution in [0.15, 0.2) is 29.4 Å². The van der Waals surface area contributed by atoms with Gasteiger partial charge in [0.1, 0.15) is 10.8 Å². The number of benzene rings is 1. The first-order valence-corrected chi connectivity index (χ1v) is 11.8. The molecule has 0 aliphatic carbocycles. The minimum absolute atomic E-state index is 0.108. The predicted molar refractivity (Wildman–Crippen MR) is 121 cm³/mol. The molecule has 5 heteroatoms. The van der Waals surface area contributed by atoms with Crippen molar-refractivity contribution < 1.29 is 14.1 Å². The molecule has 0 aliphatic rings. The second kappa shape index (κ2) is 8.47. The van der Waals surface area contributed by atoms with Gasteiger partial charge < -0.3 is 9.67 Å². The third-order valence-electron chi connectivity index (χ3n) is 5.15. The molecule has 1 aromatic heterocycles. The summed E-state index contributed by atoms with van der Waals surface area (Å²) >= 11 is 0. The first-order chi connectivity index (χ1) is 13.3. The molecule has 1 unspecified atom stereocenters. The number of phenols is 1. The molecule has 4 nitrogen and oxygen atoms in total. The van der Waals surface area contributed by atoms with Crippen molar-refractivity contribution in [1.29, 1.82) is 0 Å². The largest absolute Gasteiger partial charge is 0.507 e. The number of rotatable bonds is 6. The number of aromatic nitrogens is 1. The minimum atomic E-state index is -1.17. The molecule has 0 saturated carbocycles. The quantitative estimate of drug-likeness (QED) is 0.626. The maximum atomic E-state index is 13.4. The lowest BCUT2D eigenvalue weighted by Crippen LogP contribution is -2.19. The molecule has 1 aromatic carbocycles. The van der Waals surface area contributed by atoms with Crippen molar-refractivity contribution in [1.82, 2.24) is 4.57 Å². The number of hydrogen-bond acceptors (Lipinski definition) is 3. The third kappa shape index (κ3) is 5.19. The van der Waals surface area contributed by atoms with E-state index in [0.717, 1.165) is 30.5 Å². The molecule has 2 aromatic rings. The highest BCUT2D eigenvalue weighted by atomic mass is 32.2. The van der Waals surface area contributed by atoms with E-state index in [0.29, 0.717) is 16.2 Å². The standard InChI is InChI=1S/C24H35NO3S/c1-9-10-11-25-15-17(14-20(25)29(8)28)21(26)16-12-18(23(2,3)4)22(27)19(13-16)24(5,6)7/h12-15,27H,9-11H2,1-8H3. The van der Waals surface area contributed by atoms with Gasteiger partial charge >= 0.3 is 0 Å². The Kier molecular flexibility index (Phi) is 6.83. The van der Waals surface area contributed by atoms with Crippen molar-refractivity contribution in [2.45, 2.75) is 83.7 Å². The Morgan fingerprint density at radius 1 is 1.00 bits per heavy atom. The van der Waals surface area contributed by atoms with Crippen molar-refractivity contribution in [2.75, 3.05) is 6.26 Å². The van der Waals surface area contributed by atoms with Gasteiger partial charge in [0, 0.05) is 41.3 Å². The van der Waals surface area contributed by atoms with Crippen molar-refractivity contribution in [3.05, 3.63) is 46.6 Å². The van der Waals surface area contributed by atoms with Gasteiger partial charge in [-0.2, -0.15) is 0 Å². The average Bonchev–Trinajstić information content (AvgIpc) is 3.02. The summed E-state index contributed by atoms with van der Waals surface area (Å²) in [5, 5.41) is 11.6. The van der Waals surface area contributed by atoms with E-state index >= 15 is 0 Å². The van der Waals surface area contributed by atoms with Crippen LogP contribution in [0.4, 0.5) is 0 Å². The third-order valence-corrected chi connectivity index (χ3v) is 6.10. The summed E-state index contributed by atoms with van der Waals surface area (Å²) in [6.07, 6.45) is 5.45. The number of carbonyl (C=O) groups excluding carboxylic acids is 1. The molecule has 160 valence electrons. The Morgan fingerprint density at radius 3 is 1.93 bits per heavy atom. The molecular weight excluding hydrogens is 382 g/mol. The SMILES string of the molecule is CCCCn1cc(C(=O)c2cc(C(C)(C)C)c(O)c(C(C)(C)C)c2)cc1S(C)=O. The van der Waals surface area contributed by atoms with Crippen LogP contribution in [0.2, 0.25) is 0 Å². The van der Waals surface area contributed by atoms with Crippen LogP contribution in [0.1, 0.15) is 88.4 Å². The summed E-state index contributed by atoms with van der Waals surface area (Å²) in [6.45, 7) is 15.0. The van der Waals surface area contributed by atoms with E-state index < -0.39 is 10.8 Å². The van der Waals surface area contributed by atoms with Crippen LogP contribution in [-0.2, 0) is 28.2 Å². The molecule has 0 radical (unpaired) electrons. The predicted octanol–water partition coefficient (Wildman–Crippen LogP) is 5.56. The summed E-state index contributed by atoms with van der Waals surface area (Å²) in [6, 6.07) is 5.35. The first kappa shape index (κ1) is 23.4. The molecule has 0 spiro atoms. The Labute approximate surface area is 177 Å². The molecule has 1 heterocycles. The van der Waals surface area contributed by atoms with Crippen molar-refractivity contribution >= 4 is 16.6 Å². The second-order valence-corrected chi connectivity index (χ2v) is 11.1. The van der Waals surface area contributed by atoms with E-state index in [1.807, 2.05) is 52.3 Å². The highest BCUT2D eigenvalue weighted by molar-refractivity contribution is 7.84. The fourth-order valence-electron chi connectivity index (χ4n) is 3.44. The molecule has 0 amide bonds. The Morgan fingerprint density at radius 2 is 1.52 bits per heavy atom. The van der Waals surface area contributed by atoms with Gasteiger partial charge in [0.15, 0.2) is 5.78 Å². The number of nitrogens with zero attached hydrogens (tertiary/aromatic N) is 1. The van der Waals surface area contributed by atoms with E-state index in [1.54, 1.807) is 24.5 Å². The fraction of sp³-hybridized carbons (Fsp3) is 0.542. The van der Waals surface area contributed by atoms with Crippen molar-refractivity contribution in [2.24, 2.45) is 0 Å². The van der Waals surface area contributed by atoms with E-state index in [2.05, 4.69) is 6.92 Å². The zero-order valence-corrected chi connectivity index (χ0v) is 19.9. The molecule has 29 heavy (non-hydrogen) atoms. The number of ketones is 1. The molecule has 0 fully saturated rings. The smallest absolute Gasteiger partial charge is 0.194 e. The normalized spacial score (nSPS) is 13.5. The number of phenolic OH excluding ortho intramolecular Hbond substituents is 1. The number of hydrogen-bond donors (Lipinski definition) is 1. The lowest BCUT2D eigenvalue weighted by Gasteiger charge is -2.28. The number of carbonyl (C=O) groups is 1. The van der Waals surface area contributed by atoms with E-state index in [9.17, 15) is 14.1 Å². The minimum Gasteiger partial charge on any atom is -0.507 e. The van der Waals surface area contributed by atoms with Crippen molar-refractivity contribution in [3.63, 3.8) is 0 Å². The maximum absolute atomic E-state index is 13.4. The van der Waals surface area contributed by atoms with Crippen LogP contribution in [0.25, 0.3) is 0 Å². The second-order valence-electron chi connectivity index (χ2n) is 9.82. The van der Waals surface area contributed by atoms with Gasteiger partial charge in [-0.15, -0.1) is 0 Å². The van der Waals surface area contributed by atoms with Gasteiger partial charge in [0.2, 0.25) is 0 Å². The average molecular weight is 418 g/mol.